The summed E-state index contributed by atoms with van der Waals surface area (Å²) in [6.07, 6.45) is 81.0. The van der Waals surface area contributed by atoms with Gasteiger partial charge in [0.1, 0.15) is 13.2 Å². The van der Waals surface area contributed by atoms with Crippen molar-refractivity contribution in [2.45, 2.75) is 226 Å². The SMILES string of the molecule is CC\C=C/C=C\C=C/C=C\C=C\C=C/CCCCCC(=O)OC(COC(=O)CCCCCCC\C=C/C=C\C=C/C=C\C=C/CCC)COC(=O)CCCCCCCCC/C=C\CCCCCCCC. The van der Waals surface area contributed by atoms with E-state index in [1.54, 1.807) is 0 Å². The number of ether oxygens (including phenoxy) is 3. The Morgan fingerprint density at radius 3 is 0.986 bits per heavy atom. The Morgan fingerprint density at radius 1 is 0.300 bits per heavy atom. The monoisotopic (exact) mass is 965 g/mol. The third-order valence-corrected chi connectivity index (χ3v) is 11.3. The molecule has 1 unspecified atom stereocenters. The molecule has 0 heterocycles. The van der Waals surface area contributed by atoms with Gasteiger partial charge in [0, 0.05) is 19.3 Å². The van der Waals surface area contributed by atoms with Crippen LogP contribution in [0.25, 0.3) is 0 Å². The van der Waals surface area contributed by atoms with Crippen molar-refractivity contribution in [1.82, 2.24) is 0 Å². The fourth-order valence-corrected chi connectivity index (χ4v) is 7.14. The van der Waals surface area contributed by atoms with E-state index in [9.17, 15) is 14.4 Å². The first-order valence-corrected chi connectivity index (χ1v) is 28.0. The minimum absolute atomic E-state index is 0.113. The number of unbranched alkanes of at least 4 members (excludes halogenated alkanes) is 22. The third kappa shape index (κ3) is 54.2. The van der Waals surface area contributed by atoms with Gasteiger partial charge in [0.2, 0.25) is 0 Å². The largest absolute Gasteiger partial charge is 0.462 e. The maximum absolute atomic E-state index is 12.8. The molecule has 0 saturated heterocycles. The summed E-state index contributed by atoms with van der Waals surface area (Å²) in [4.78, 5) is 38.2. The van der Waals surface area contributed by atoms with Crippen molar-refractivity contribution in [3.05, 3.63) is 146 Å². The second-order valence-corrected chi connectivity index (χ2v) is 18.0. The van der Waals surface area contributed by atoms with Crippen LogP contribution in [-0.2, 0) is 28.6 Å². The summed E-state index contributed by atoms with van der Waals surface area (Å²) in [5.41, 5.74) is 0. The average Bonchev–Trinajstić information content (AvgIpc) is 3.36. The molecule has 0 aliphatic carbocycles. The fraction of sp³-hybridized carbons (Fsp3) is 0.578. The van der Waals surface area contributed by atoms with Crippen LogP contribution in [0.1, 0.15) is 220 Å². The molecule has 0 N–H and O–H groups in total. The summed E-state index contributed by atoms with van der Waals surface area (Å²) in [6.45, 7) is 6.33. The quantitative estimate of drug-likeness (QED) is 0.0199. The standard InChI is InChI=1S/C64H100O6/c1-4-7-10-13-16-19-22-25-28-31-34-36-39-42-45-48-51-54-57-63(66)69-60-61(70-64(67)58-55-52-49-46-43-40-37-33-30-27-24-21-18-15-12-9-6-3)59-68-62(65)56-53-50-47-44-41-38-35-32-29-26-23-20-17-14-11-8-5-2/h9-10,12-13,15-16,18-19,21-22,24-31,33-34,36-37,40,43,61H,4-8,11,14,17,20,23,32,35,38-39,41-42,44-60H2,1-3H3/b12-9-,13-10-,18-15-,19-16-,24-21-,25-22-,29-26-,30-27-,31-28-,36-34-,37-33+,43-40-. The van der Waals surface area contributed by atoms with Crippen LogP contribution >= 0.6 is 0 Å². The molecule has 0 amide bonds. The van der Waals surface area contributed by atoms with Gasteiger partial charge in [-0.25, -0.2) is 0 Å². The minimum atomic E-state index is -0.821. The van der Waals surface area contributed by atoms with Crippen molar-refractivity contribution < 1.29 is 28.6 Å². The number of carbonyl (C=O) groups is 3. The molecule has 6 heteroatoms. The van der Waals surface area contributed by atoms with Crippen molar-refractivity contribution >= 4 is 17.9 Å². The number of carbonyl (C=O) groups excluding carboxylic acids is 3. The fourth-order valence-electron chi connectivity index (χ4n) is 7.14. The van der Waals surface area contributed by atoms with Gasteiger partial charge in [-0.1, -0.05) is 263 Å². The zero-order valence-corrected chi connectivity index (χ0v) is 44.7. The Bertz CT molecular complexity index is 1580. The highest BCUT2D eigenvalue weighted by Crippen LogP contribution is 2.14. The van der Waals surface area contributed by atoms with Crippen molar-refractivity contribution in [3.63, 3.8) is 0 Å². The molecule has 70 heavy (non-hydrogen) atoms. The Kier molecular flexibility index (Phi) is 53.0. The first kappa shape index (κ1) is 65.3. The third-order valence-electron chi connectivity index (χ3n) is 11.3. The highest BCUT2D eigenvalue weighted by Gasteiger charge is 2.19. The van der Waals surface area contributed by atoms with Crippen LogP contribution in [0.5, 0.6) is 0 Å². The van der Waals surface area contributed by atoms with Crippen LogP contribution in [0.4, 0.5) is 0 Å². The van der Waals surface area contributed by atoms with Crippen LogP contribution in [0.15, 0.2) is 146 Å². The summed E-state index contributed by atoms with van der Waals surface area (Å²) in [5.74, 6) is -0.994. The van der Waals surface area contributed by atoms with Crippen LogP contribution < -0.4 is 0 Å². The second-order valence-electron chi connectivity index (χ2n) is 18.0. The normalized spacial score (nSPS) is 13.2. The highest BCUT2D eigenvalue weighted by molar-refractivity contribution is 5.71. The van der Waals surface area contributed by atoms with Crippen molar-refractivity contribution in [2.24, 2.45) is 0 Å². The summed E-state index contributed by atoms with van der Waals surface area (Å²) in [5, 5.41) is 0. The molecule has 0 spiro atoms. The lowest BCUT2D eigenvalue weighted by Gasteiger charge is -2.18. The van der Waals surface area contributed by atoms with E-state index in [0.29, 0.717) is 19.3 Å². The van der Waals surface area contributed by atoms with E-state index < -0.39 is 6.10 Å². The second kappa shape index (κ2) is 56.9. The van der Waals surface area contributed by atoms with Gasteiger partial charge < -0.3 is 14.2 Å². The molecule has 0 aliphatic rings. The summed E-state index contributed by atoms with van der Waals surface area (Å²) in [6, 6.07) is 0. The molecule has 0 aromatic rings. The van der Waals surface area contributed by atoms with Crippen LogP contribution in [0, 0.1) is 0 Å². The Morgan fingerprint density at radius 2 is 0.600 bits per heavy atom. The van der Waals surface area contributed by atoms with Crippen molar-refractivity contribution in [3.8, 4) is 0 Å². The maximum atomic E-state index is 12.8. The Labute approximate surface area is 429 Å². The number of hydrogen-bond acceptors (Lipinski definition) is 6. The van der Waals surface area contributed by atoms with E-state index >= 15 is 0 Å². The molecule has 0 radical (unpaired) electrons. The molecule has 0 aliphatic heterocycles. The highest BCUT2D eigenvalue weighted by atomic mass is 16.6. The van der Waals surface area contributed by atoms with E-state index in [1.807, 2.05) is 97.2 Å². The van der Waals surface area contributed by atoms with Gasteiger partial charge in [0.25, 0.3) is 0 Å². The molecular weight excluding hydrogens is 865 g/mol. The Balaban J connectivity index is 4.57. The van der Waals surface area contributed by atoms with E-state index in [1.165, 1.54) is 83.5 Å². The number of esters is 3. The predicted molar refractivity (Wildman–Crippen MR) is 302 cm³/mol. The summed E-state index contributed by atoms with van der Waals surface area (Å²) in [7, 11) is 0. The Hall–Kier alpha value is -4.71. The zero-order valence-electron chi connectivity index (χ0n) is 44.7. The molecule has 392 valence electrons. The van der Waals surface area contributed by atoms with E-state index in [2.05, 4.69) is 69.4 Å². The summed E-state index contributed by atoms with van der Waals surface area (Å²) < 4.78 is 16.8. The molecule has 0 fully saturated rings. The van der Waals surface area contributed by atoms with Gasteiger partial charge >= 0.3 is 17.9 Å². The van der Waals surface area contributed by atoms with Gasteiger partial charge in [-0.15, -0.1) is 0 Å². The lowest BCUT2D eigenvalue weighted by atomic mass is 10.1. The molecule has 0 bridgehead atoms. The molecule has 6 nitrogen and oxygen atoms in total. The van der Waals surface area contributed by atoms with Gasteiger partial charge in [-0.05, 0) is 83.5 Å². The topological polar surface area (TPSA) is 78.9 Å². The lowest BCUT2D eigenvalue weighted by molar-refractivity contribution is -0.167. The van der Waals surface area contributed by atoms with Crippen molar-refractivity contribution in [1.29, 1.82) is 0 Å². The zero-order chi connectivity index (χ0) is 50.7. The molecule has 1 atom stereocenters. The smallest absolute Gasteiger partial charge is 0.306 e. The van der Waals surface area contributed by atoms with E-state index in [-0.39, 0.29) is 37.5 Å². The van der Waals surface area contributed by atoms with Crippen LogP contribution in [0.3, 0.4) is 0 Å². The molecule has 0 aromatic heterocycles. The van der Waals surface area contributed by atoms with Gasteiger partial charge in [0.05, 0.1) is 0 Å². The first-order valence-electron chi connectivity index (χ1n) is 28.0. The maximum Gasteiger partial charge on any atom is 0.306 e. The number of rotatable bonds is 48. The van der Waals surface area contributed by atoms with E-state index in [0.717, 1.165) is 89.9 Å². The lowest BCUT2D eigenvalue weighted by Crippen LogP contribution is -2.30. The predicted octanol–water partition coefficient (Wildman–Crippen LogP) is 18.8. The van der Waals surface area contributed by atoms with Crippen molar-refractivity contribution in [2.75, 3.05) is 13.2 Å². The molecule has 0 rings (SSSR count). The van der Waals surface area contributed by atoms with Crippen LogP contribution in [-0.4, -0.2) is 37.2 Å². The van der Waals surface area contributed by atoms with Gasteiger partial charge in [-0.3, -0.25) is 14.4 Å². The number of allylic oxidation sites excluding steroid dienone is 24. The number of hydrogen-bond donors (Lipinski definition) is 0. The van der Waals surface area contributed by atoms with E-state index in [4.69, 9.17) is 14.2 Å². The van der Waals surface area contributed by atoms with Gasteiger partial charge in [0.15, 0.2) is 6.10 Å². The first-order chi connectivity index (χ1) is 34.5. The summed E-state index contributed by atoms with van der Waals surface area (Å²) >= 11 is 0. The molecular formula is C64H100O6. The molecule has 0 aromatic carbocycles. The van der Waals surface area contributed by atoms with Gasteiger partial charge in [-0.2, -0.15) is 0 Å². The average molecular weight is 965 g/mol. The molecule has 0 saturated carbocycles. The van der Waals surface area contributed by atoms with Crippen LogP contribution in [0.2, 0.25) is 0 Å². The minimum Gasteiger partial charge on any atom is -0.462 e.